The molecule has 1 amide bonds. The van der Waals surface area contributed by atoms with E-state index in [-0.39, 0.29) is 16.5 Å². The van der Waals surface area contributed by atoms with Crippen molar-refractivity contribution >= 4 is 23.3 Å². The van der Waals surface area contributed by atoms with Crippen LogP contribution in [-0.4, -0.2) is 25.8 Å². The number of nitrogens with two attached hydrogens (primary N) is 1. The van der Waals surface area contributed by atoms with Gasteiger partial charge < -0.3 is 11.1 Å². The molecular formula is C19H16ClF3N6O. The van der Waals surface area contributed by atoms with E-state index in [2.05, 4.69) is 25.3 Å². The Labute approximate surface area is 174 Å². The predicted molar refractivity (Wildman–Crippen MR) is 104 cm³/mol. The minimum atomic E-state index is -4.37. The topological polar surface area (TPSA) is 107 Å². The van der Waals surface area contributed by atoms with Crippen molar-refractivity contribution in [3.63, 3.8) is 0 Å². The molecule has 0 aliphatic heterocycles. The van der Waals surface area contributed by atoms with Crippen LogP contribution in [0.1, 0.15) is 46.0 Å². The summed E-state index contributed by atoms with van der Waals surface area (Å²) in [6.07, 6.45) is 0.0759. The van der Waals surface area contributed by atoms with E-state index in [1.54, 1.807) is 6.92 Å². The van der Waals surface area contributed by atoms with Crippen molar-refractivity contribution in [1.29, 1.82) is 0 Å². The zero-order chi connectivity index (χ0) is 21.9. The third kappa shape index (κ3) is 5.01. The Kier molecular flexibility index (Phi) is 6.16. The van der Waals surface area contributed by atoms with E-state index < -0.39 is 23.7 Å². The summed E-state index contributed by atoms with van der Waals surface area (Å²) < 4.78 is 37.9. The van der Waals surface area contributed by atoms with E-state index in [0.717, 1.165) is 18.5 Å². The second-order valence-electron chi connectivity index (χ2n) is 6.42. The number of hydrogen-bond donors (Lipinski definition) is 2. The number of carbonyl (C=O) groups excluding carboxylic acids is 1. The highest BCUT2D eigenvalue weighted by molar-refractivity contribution is 6.35. The van der Waals surface area contributed by atoms with E-state index in [4.69, 9.17) is 17.3 Å². The Morgan fingerprint density at radius 2 is 1.83 bits per heavy atom. The van der Waals surface area contributed by atoms with Gasteiger partial charge >= 0.3 is 6.18 Å². The fraction of sp³-hybridized carbons (Fsp3) is 0.211. The summed E-state index contributed by atoms with van der Waals surface area (Å²) in [5.74, 6) is -0.547. The maximum atomic E-state index is 12.6. The molecule has 1 aromatic carbocycles. The molecule has 0 bridgehead atoms. The van der Waals surface area contributed by atoms with E-state index in [1.165, 1.54) is 24.5 Å². The summed E-state index contributed by atoms with van der Waals surface area (Å²) in [5, 5.41) is 2.65. The van der Waals surface area contributed by atoms with Crippen molar-refractivity contribution in [3.05, 3.63) is 76.2 Å². The highest BCUT2D eigenvalue weighted by atomic mass is 35.5. The first kappa shape index (κ1) is 21.4. The molecule has 3 rings (SSSR count). The maximum Gasteiger partial charge on any atom is 0.416 e. The zero-order valence-corrected chi connectivity index (χ0v) is 16.4. The van der Waals surface area contributed by atoms with Gasteiger partial charge in [-0.1, -0.05) is 23.7 Å². The van der Waals surface area contributed by atoms with Crippen molar-refractivity contribution < 1.29 is 18.0 Å². The van der Waals surface area contributed by atoms with Crippen LogP contribution in [0, 0.1) is 0 Å². The van der Waals surface area contributed by atoms with Crippen LogP contribution in [0.2, 0.25) is 5.02 Å². The van der Waals surface area contributed by atoms with E-state index in [9.17, 15) is 18.0 Å². The van der Waals surface area contributed by atoms with Gasteiger partial charge in [0.05, 0.1) is 29.2 Å². The molecule has 3 N–H and O–H groups in total. The van der Waals surface area contributed by atoms with Crippen LogP contribution in [0.25, 0.3) is 0 Å². The average Bonchev–Trinajstić information content (AvgIpc) is 2.70. The van der Waals surface area contributed by atoms with Gasteiger partial charge in [0, 0.05) is 12.6 Å². The monoisotopic (exact) mass is 436 g/mol. The lowest BCUT2D eigenvalue weighted by molar-refractivity contribution is -0.137. The highest BCUT2D eigenvalue weighted by Gasteiger charge is 2.29. The number of nitrogens with zero attached hydrogens (tertiary/aromatic N) is 4. The minimum absolute atomic E-state index is 0.00289. The van der Waals surface area contributed by atoms with Crippen LogP contribution in [0.3, 0.4) is 0 Å². The van der Waals surface area contributed by atoms with Gasteiger partial charge in [0.25, 0.3) is 5.91 Å². The number of aromatic nitrogens is 4. The van der Waals surface area contributed by atoms with Crippen LogP contribution in [0.4, 0.5) is 19.0 Å². The van der Waals surface area contributed by atoms with Crippen molar-refractivity contribution in [3.8, 4) is 0 Å². The molecule has 1 atom stereocenters. The number of amides is 1. The van der Waals surface area contributed by atoms with Crippen molar-refractivity contribution in [2.75, 3.05) is 5.73 Å². The number of benzene rings is 1. The van der Waals surface area contributed by atoms with E-state index in [0.29, 0.717) is 23.4 Å². The zero-order valence-electron chi connectivity index (χ0n) is 15.6. The van der Waals surface area contributed by atoms with Crippen molar-refractivity contribution in [2.24, 2.45) is 0 Å². The number of carbonyl (C=O) groups is 1. The van der Waals surface area contributed by atoms with Crippen LogP contribution in [-0.2, 0) is 12.6 Å². The molecule has 0 aliphatic carbocycles. The van der Waals surface area contributed by atoms with Gasteiger partial charge in [-0.3, -0.25) is 14.8 Å². The normalized spacial score (nSPS) is 12.4. The molecule has 0 saturated carbocycles. The second-order valence-corrected chi connectivity index (χ2v) is 6.80. The third-order valence-electron chi connectivity index (χ3n) is 4.21. The summed E-state index contributed by atoms with van der Waals surface area (Å²) in [6, 6.07) is 4.36. The van der Waals surface area contributed by atoms with Crippen LogP contribution in [0.15, 0.2) is 43.0 Å². The summed E-state index contributed by atoms with van der Waals surface area (Å²) >= 11 is 5.95. The number of nitrogen functional groups attached to an aromatic ring is 1. The van der Waals surface area contributed by atoms with Crippen LogP contribution < -0.4 is 11.1 Å². The standard InChI is InChI=1S/C19H16ClF3N6O/c1-10(29-18(30)16-15(20)17(24)28-9-27-16)14-8-25-13(7-26-14)6-11-2-4-12(5-3-11)19(21,22)23/h2-5,7-10H,6H2,1H3,(H,29,30)(H2,24,27,28). The summed E-state index contributed by atoms with van der Waals surface area (Å²) in [7, 11) is 0. The lowest BCUT2D eigenvalue weighted by Gasteiger charge is -2.14. The second kappa shape index (κ2) is 8.62. The maximum absolute atomic E-state index is 12.6. The fourth-order valence-electron chi connectivity index (χ4n) is 2.58. The van der Waals surface area contributed by atoms with Gasteiger partial charge in [0.2, 0.25) is 0 Å². The SMILES string of the molecule is CC(NC(=O)c1ncnc(N)c1Cl)c1cnc(Cc2ccc(C(F)(F)F)cc2)cn1. The van der Waals surface area contributed by atoms with Gasteiger partial charge in [0.15, 0.2) is 5.69 Å². The number of hydrogen-bond acceptors (Lipinski definition) is 6. The molecule has 30 heavy (non-hydrogen) atoms. The van der Waals surface area contributed by atoms with Gasteiger partial charge in [-0.05, 0) is 24.6 Å². The Morgan fingerprint density at radius 3 is 2.43 bits per heavy atom. The Hall–Kier alpha value is -3.27. The van der Waals surface area contributed by atoms with Crippen LogP contribution >= 0.6 is 11.6 Å². The molecule has 0 spiro atoms. The molecular weight excluding hydrogens is 421 g/mol. The molecule has 1 unspecified atom stereocenters. The smallest absolute Gasteiger partial charge is 0.382 e. The summed E-state index contributed by atoms with van der Waals surface area (Å²) in [6.45, 7) is 1.70. The molecule has 2 aromatic heterocycles. The quantitative estimate of drug-likeness (QED) is 0.632. The largest absolute Gasteiger partial charge is 0.416 e. The molecule has 156 valence electrons. The molecule has 0 saturated heterocycles. The van der Waals surface area contributed by atoms with E-state index in [1.807, 2.05) is 0 Å². The predicted octanol–water partition coefficient (Wildman–Crippen LogP) is 3.60. The molecule has 0 fully saturated rings. The number of halogens is 4. The fourth-order valence-corrected chi connectivity index (χ4v) is 2.76. The lowest BCUT2D eigenvalue weighted by atomic mass is 10.1. The Morgan fingerprint density at radius 1 is 1.13 bits per heavy atom. The Balaban J connectivity index is 1.65. The minimum Gasteiger partial charge on any atom is -0.382 e. The highest BCUT2D eigenvalue weighted by Crippen LogP contribution is 2.29. The first-order valence-corrected chi connectivity index (χ1v) is 9.06. The molecule has 0 radical (unpaired) electrons. The third-order valence-corrected chi connectivity index (χ3v) is 4.59. The molecule has 2 heterocycles. The molecule has 0 aliphatic rings. The number of rotatable bonds is 5. The van der Waals surface area contributed by atoms with Gasteiger partial charge in [-0.15, -0.1) is 0 Å². The first-order valence-electron chi connectivity index (χ1n) is 8.69. The van der Waals surface area contributed by atoms with E-state index >= 15 is 0 Å². The summed E-state index contributed by atoms with van der Waals surface area (Å²) in [4.78, 5) is 28.4. The number of anilines is 1. The van der Waals surface area contributed by atoms with Gasteiger partial charge in [-0.25, -0.2) is 9.97 Å². The number of nitrogens with one attached hydrogen (secondary N) is 1. The van der Waals surface area contributed by atoms with Crippen molar-refractivity contribution in [2.45, 2.75) is 25.6 Å². The summed E-state index contributed by atoms with van der Waals surface area (Å²) in [5.41, 5.74) is 6.54. The lowest BCUT2D eigenvalue weighted by Crippen LogP contribution is -2.28. The van der Waals surface area contributed by atoms with Gasteiger partial charge in [-0.2, -0.15) is 13.2 Å². The average molecular weight is 437 g/mol. The molecule has 3 aromatic rings. The Bertz CT molecular complexity index is 1040. The first-order chi connectivity index (χ1) is 14.1. The van der Waals surface area contributed by atoms with Crippen molar-refractivity contribution in [1.82, 2.24) is 25.3 Å². The number of alkyl halides is 3. The van der Waals surface area contributed by atoms with Gasteiger partial charge in [0.1, 0.15) is 17.2 Å². The van der Waals surface area contributed by atoms with Crippen LogP contribution in [0.5, 0.6) is 0 Å². The molecule has 7 nitrogen and oxygen atoms in total. The molecule has 11 heteroatoms.